The number of aliphatic hydroxyl groups is 2. The first-order valence-corrected chi connectivity index (χ1v) is 9.89. The Hall–Kier alpha value is -1.33. The smallest absolute Gasteiger partial charge is 0.162 e. The molecular formula is C21H28O5. The van der Waals surface area contributed by atoms with Crippen LogP contribution in [0.25, 0.3) is 0 Å². The Morgan fingerprint density at radius 3 is 2.77 bits per heavy atom. The molecule has 142 valence electrons. The SMILES string of the molecule is C[C@]12CCC(=O)C=C1CC[C@H]1C3CC[C@H](C(=O)CO)C3(C=O)C[C@H](O)C12. The molecule has 3 unspecified atom stereocenters. The highest BCUT2D eigenvalue weighted by molar-refractivity contribution is 5.91. The highest BCUT2D eigenvalue weighted by Gasteiger charge is 2.64. The molecule has 4 aliphatic carbocycles. The van der Waals surface area contributed by atoms with Crippen LogP contribution in [0.1, 0.15) is 51.9 Å². The van der Waals surface area contributed by atoms with Gasteiger partial charge in [-0.1, -0.05) is 12.5 Å². The lowest BCUT2D eigenvalue weighted by atomic mass is 9.45. The zero-order valence-electron chi connectivity index (χ0n) is 15.3. The molecule has 0 aromatic heterocycles. The minimum Gasteiger partial charge on any atom is -0.393 e. The van der Waals surface area contributed by atoms with Gasteiger partial charge in [-0.15, -0.1) is 0 Å². The minimum atomic E-state index is -0.831. The topological polar surface area (TPSA) is 91.7 Å². The van der Waals surface area contributed by atoms with Gasteiger partial charge in [-0.3, -0.25) is 9.59 Å². The largest absolute Gasteiger partial charge is 0.393 e. The van der Waals surface area contributed by atoms with Crippen molar-refractivity contribution < 1.29 is 24.6 Å². The van der Waals surface area contributed by atoms with Crippen molar-refractivity contribution in [3.05, 3.63) is 11.6 Å². The van der Waals surface area contributed by atoms with Gasteiger partial charge in [0, 0.05) is 17.8 Å². The zero-order chi connectivity index (χ0) is 18.7. The van der Waals surface area contributed by atoms with Crippen LogP contribution < -0.4 is 0 Å². The van der Waals surface area contributed by atoms with E-state index in [0.717, 1.165) is 37.5 Å². The summed E-state index contributed by atoms with van der Waals surface area (Å²) in [5.41, 5.74) is 0.140. The Balaban J connectivity index is 1.74. The van der Waals surface area contributed by atoms with Crippen LogP contribution in [-0.2, 0) is 14.4 Å². The summed E-state index contributed by atoms with van der Waals surface area (Å²) in [6.45, 7) is 1.63. The summed E-state index contributed by atoms with van der Waals surface area (Å²) in [4.78, 5) is 36.4. The van der Waals surface area contributed by atoms with Crippen molar-refractivity contribution in [1.29, 1.82) is 0 Å². The monoisotopic (exact) mass is 360 g/mol. The third kappa shape index (κ3) is 2.26. The Morgan fingerprint density at radius 2 is 2.08 bits per heavy atom. The van der Waals surface area contributed by atoms with E-state index in [1.54, 1.807) is 6.08 Å². The average Bonchev–Trinajstić information content (AvgIpc) is 3.00. The fourth-order valence-corrected chi connectivity index (χ4v) is 7.18. The summed E-state index contributed by atoms with van der Waals surface area (Å²) in [5.74, 6) is -0.241. The number of aliphatic hydroxyl groups excluding tert-OH is 2. The highest BCUT2D eigenvalue weighted by atomic mass is 16.3. The molecule has 4 rings (SSSR count). The highest BCUT2D eigenvalue weighted by Crippen LogP contribution is 2.66. The summed E-state index contributed by atoms with van der Waals surface area (Å²) in [6.07, 6.45) is 6.75. The standard InChI is InChI=1S/C21H28O5/c1-20-7-6-13(24)8-12(20)2-3-14-15-4-5-16(18(26)10-22)21(15,11-23)9-17(25)19(14)20/h8,11,14-17,19,22,25H,2-7,9-10H2,1H3/t14-,15?,16+,17-,19?,20-,21?/m0/s1. The lowest BCUT2D eigenvalue weighted by Gasteiger charge is -2.59. The Kier molecular flexibility index (Phi) is 4.23. The van der Waals surface area contributed by atoms with E-state index in [1.165, 1.54) is 0 Å². The Bertz CT molecular complexity index is 682. The van der Waals surface area contributed by atoms with Crippen LogP contribution in [0.2, 0.25) is 0 Å². The van der Waals surface area contributed by atoms with Crippen LogP contribution in [0.4, 0.5) is 0 Å². The molecule has 0 amide bonds. The number of ketones is 2. The molecule has 0 bridgehead atoms. The summed E-state index contributed by atoms with van der Waals surface area (Å²) in [5, 5.41) is 20.5. The van der Waals surface area contributed by atoms with Crippen molar-refractivity contribution in [2.75, 3.05) is 6.61 Å². The average molecular weight is 360 g/mol. The van der Waals surface area contributed by atoms with Gasteiger partial charge < -0.3 is 15.0 Å². The number of carbonyl (C=O) groups is 3. The molecule has 3 fully saturated rings. The molecule has 5 heteroatoms. The molecule has 0 heterocycles. The number of hydrogen-bond donors (Lipinski definition) is 2. The molecule has 3 saturated carbocycles. The maximum absolute atomic E-state index is 12.3. The van der Waals surface area contributed by atoms with Gasteiger partial charge in [-0.2, -0.15) is 0 Å². The van der Waals surface area contributed by atoms with E-state index < -0.39 is 24.0 Å². The van der Waals surface area contributed by atoms with Crippen molar-refractivity contribution in [3.8, 4) is 0 Å². The molecule has 2 N–H and O–H groups in total. The van der Waals surface area contributed by atoms with Gasteiger partial charge in [0.25, 0.3) is 0 Å². The number of hydrogen-bond acceptors (Lipinski definition) is 5. The zero-order valence-corrected chi connectivity index (χ0v) is 15.3. The summed E-state index contributed by atoms with van der Waals surface area (Å²) in [7, 11) is 0. The van der Waals surface area contributed by atoms with Gasteiger partial charge in [0.15, 0.2) is 11.6 Å². The van der Waals surface area contributed by atoms with E-state index in [4.69, 9.17) is 0 Å². The van der Waals surface area contributed by atoms with E-state index in [9.17, 15) is 24.6 Å². The fourth-order valence-electron chi connectivity index (χ4n) is 7.18. The van der Waals surface area contributed by atoms with Gasteiger partial charge in [0.2, 0.25) is 0 Å². The van der Waals surface area contributed by atoms with Gasteiger partial charge in [0.05, 0.1) is 6.10 Å². The number of fused-ring (bicyclic) bond motifs is 5. The Labute approximate surface area is 153 Å². The predicted octanol–water partition coefficient (Wildman–Crippen LogP) is 1.85. The van der Waals surface area contributed by atoms with E-state index in [1.807, 2.05) is 0 Å². The summed E-state index contributed by atoms with van der Waals surface area (Å²) < 4.78 is 0. The lowest BCUT2D eigenvalue weighted by Crippen LogP contribution is -2.58. The molecule has 0 saturated heterocycles. The first-order valence-electron chi connectivity index (χ1n) is 9.89. The second kappa shape index (κ2) is 6.10. The van der Waals surface area contributed by atoms with Gasteiger partial charge in [0.1, 0.15) is 12.9 Å². The lowest BCUT2D eigenvalue weighted by molar-refractivity contribution is -0.157. The van der Waals surface area contributed by atoms with Crippen molar-refractivity contribution in [1.82, 2.24) is 0 Å². The van der Waals surface area contributed by atoms with E-state index >= 15 is 0 Å². The van der Waals surface area contributed by atoms with E-state index in [0.29, 0.717) is 19.3 Å². The number of Topliss-reactive ketones (excluding diaryl/α,β-unsaturated/α-hetero) is 1. The van der Waals surface area contributed by atoms with Crippen LogP contribution in [-0.4, -0.2) is 40.8 Å². The first-order chi connectivity index (χ1) is 12.4. The van der Waals surface area contributed by atoms with E-state index in [2.05, 4.69) is 6.92 Å². The van der Waals surface area contributed by atoms with Gasteiger partial charge in [-0.25, -0.2) is 0 Å². The molecule has 0 spiro atoms. The van der Waals surface area contributed by atoms with Gasteiger partial charge >= 0.3 is 0 Å². The molecule has 0 aliphatic heterocycles. The van der Waals surface area contributed by atoms with Crippen LogP contribution in [0.5, 0.6) is 0 Å². The molecule has 26 heavy (non-hydrogen) atoms. The third-order valence-corrected chi connectivity index (χ3v) is 8.27. The predicted molar refractivity (Wildman–Crippen MR) is 94.1 cm³/mol. The first kappa shape index (κ1) is 18.1. The number of aldehydes is 1. The van der Waals surface area contributed by atoms with E-state index in [-0.39, 0.29) is 34.7 Å². The second-order valence-corrected chi connectivity index (χ2v) is 9.14. The maximum Gasteiger partial charge on any atom is 0.162 e. The van der Waals surface area contributed by atoms with Crippen molar-refractivity contribution in [3.63, 3.8) is 0 Å². The summed E-state index contributed by atoms with van der Waals surface area (Å²) >= 11 is 0. The van der Waals surface area contributed by atoms with Crippen molar-refractivity contribution >= 4 is 17.9 Å². The molecule has 5 nitrogen and oxygen atoms in total. The number of carbonyl (C=O) groups excluding carboxylic acids is 3. The molecular weight excluding hydrogens is 332 g/mol. The fraction of sp³-hybridized carbons (Fsp3) is 0.762. The van der Waals surface area contributed by atoms with Crippen LogP contribution in [0.3, 0.4) is 0 Å². The normalized spacial score (nSPS) is 47.4. The second-order valence-electron chi connectivity index (χ2n) is 9.14. The number of rotatable bonds is 3. The minimum absolute atomic E-state index is 0.0386. The van der Waals surface area contributed by atoms with Crippen molar-refractivity contribution in [2.24, 2.45) is 34.5 Å². The van der Waals surface area contributed by atoms with Gasteiger partial charge in [-0.05, 0) is 67.8 Å². The third-order valence-electron chi connectivity index (χ3n) is 8.27. The van der Waals surface area contributed by atoms with Crippen LogP contribution in [0.15, 0.2) is 11.6 Å². The summed E-state index contributed by atoms with van der Waals surface area (Å²) in [6, 6.07) is 0. The molecule has 0 aromatic rings. The molecule has 0 aromatic carbocycles. The van der Waals surface area contributed by atoms with Crippen LogP contribution in [0, 0.1) is 34.5 Å². The Morgan fingerprint density at radius 1 is 1.31 bits per heavy atom. The van der Waals surface area contributed by atoms with Crippen molar-refractivity contribution in [2.45, 2.75) is 58.0 Å². The number of allylic oxidation sites excluding steroid dienone is 1. The van der Waals surface area contributed by atoms with Crippen LogP contribution >= 0.6 is 0 Å². The quantitative estimate of drug-likeness (QED) is 0.750. The molecule has 0 radical (unpaired) electrons. The maximum atomic E-state index is 12.3. The molecule has 4 aliphatic rings. The molecule has 7 atom stereocenters.